The number of rotatable bonds is 4. The van der Waals surface area contributed by atoms with Crippen LogP contribution in [0.1, 0.15) is 6.92 Å². The summed E-state index contributed by atoms with van der Waals surface area (Å²) >= 11 is 3.06. The molecule has 0 fully saturated rings. The second-order valence-electron chi connectivity index (χ2n) is 2.83. The van der Waals surface area contributed by atoms with Gasteiger partial charge >= 0.3 is 5.82 Å². The van der Waals surface area contributed by atoms with Crippen LogP contribution in [0.15, 0.2) is 10.7 Å². The molecule has 0 radical (unpaired) electrons. The van der Waals surface area contributed by atoms with Crippen molar-refractivity contribution >= 4 is 21.7 Å². The van der Waals surface area contributed by atoms with Crippen LogP contribution in [0.5, 0.6) is 0 Å². The molecule has 1 aromatic rings. The molecule has 0 aliphatic rings. The van der Waals surface area contributed by atoms with Gasteiger partial charge in [0.15, 0.2) is 0 Å². The molecule has 0 aliphatic carbocycles. The van der Waals surface area contributed by atoms with Crippen LogP contribution in [0.4, 0.5) is 5.82 Å². The third kappa shape index (κ3) is 2.52. The van der Waals surface area contributed by atoms with Gasteiger partial charge in [0.05, 0.1) is 23.9 Å². The highest BCUT2D eigenvalue weighted by Gasteiger charge is 2.19. The van der Waals surface area contributed by atoms with Crippen LogP contribution in [0.25, 0.3) is 0 Å². The minimum atomic E-state index is -0.530. The summed E-state index contributed by atoms with van der Waals surface area (Å²) < 4.78 is 6.88. The lowest BCUT2D eigenvalue weighted by Crippen LogP contribution is -2.15. The van der Waals surface area contributed by atoms with Crippen LogP contribution >= 0.6 is 15.9 Å². The molecule has 0 saturated carbocycles. The van der Waals surface area contributed by atoms with E-state index >= 15 is 0 Å². The van der Waals surface area contributed by atoms with E-state index in [2.05, 4.69) is 21.0 Å². The van der Waals surface area contributed by atoms with E-state index < -0.39 is 4.92 Å². The number of hydrogen-bond donors (Lipinski definition) is 0. The monoisotopic (exact) mass is 263 g/mol. The standard InChI is InChI=1S/C7H10BrN3O3/c1-5(14-2)3-10-4-6(8)7(9-10)11(12)13/h4-5H,3H2,1-2H3. The van der Waals surface area contributed by atoms with Crippen LogP contribution in [-0.2, 0) is 11.3 Å². The lowest BCUT2D eigenvalue weighted by Gasteiger charge is -2.05. The third-order valence-electron chi connectivity index (χ3n) is 1.72. The number of nitrogens with zero attached hydrogens (tertiary/aromatic N) is 3. The lowest BCUT2D eigenvalue weighted by atomic mass is 10.4. The second kappa shape index (κ2) is 4.52. The summed E-state index contributed by atoms with van der Waals surface area (Å²) in [6.45, 7) is 2.35. The summed E-state index contributed by atoms with van der Waals surface area (Å²) in [5, 5.41) is 14.2. The largest absolute Gasteiger partial charge is 0.404 e. The highest BCUT2D eigenvalue weighted by atomic mass is 79.9. The summed E-state index contributed by atoms with van der Waals surface area (Å²) in [6, 6.07) is 0. The van der Waals surface area contributed by atoms with Gasteiger partial charge in [-0.15, -0.1) is 0 Å². The third-order valence-corrected chi connectivity index (χ3v) is 2.28. The first kappa shape index (κ1) is 11.1. The Kier molecular flexibility index (Phi) is 3.59. The van der Waals surface area contributed by atoms with E-state index in [9.17, 15) is 10.1 Å². The Morgan fingerprint density at radius 3 is 2.93 bits per heavy atom. The van der Waals surface area contributed by atoms with Gasteiger partial charge in [-0.2, -0.15) is 4.68 Å². The summed E-state index contributed by atoms with van der Waals surface area (Å²) in [4.78, 5) is 9.93. The highest BCUT2D eigenvalue weighted by molar-refractivity contribution is 9.10. The fourth-order valence-electron chi connectivity index (χ4n) is 0.942. The molecule has 7 heteroatoms. The van der Waals surface area contributed by atoms with Crippen molar-refractivity contribution in [2.24, 2.45) is 0 Å². The molecule has 0 saturated heterocycles. The number of methoxy groups -OCH3 is 1. The zero-order chi connectivity index (χ0) is 10.7. The molecule has 6 nitrogen and oxygen atoms in total. The number of nitro groups is 1. The molecule has 1 unspecified atom stereocenters. The number of aromatic nitrogens is 2. The SMILES string of the molecule is COC(C)Cn1cc(Br)c([N+](=O)[O-])n1. The van der Waals surface area contributed by atoms with E-state index in [0.29, 0.717) is 11.0 Å². The molecule has 0 spiro atoms. The molecule has 0 N–H and O–H groups in total. The van der Waals surface area contributed by atoms with Gasteiger partial charge in [0.2, 0.25) is 0 Å². The van der Waals surface area contributed by atoms with Gasteiger partial charge in [-0.3, -0.25) is 0 Å². The van der Waals surface area contributed by atoms with Crippen molar-refractivity contribution in [3.8, 4) is 0 Å². The minimum absolute atomic E-state index is 0.0265. The Balaban J connectivity index is 2.81. The highest BCUT2D eigenvalue weighted by Crippen LogP contribution is 2.22. The smallest absolute Gasteiger partial charge is 0.380 e. The van der Waals surface area contributed by atoms with Gasteiger partial charge in [0.1, 0.15) is 4.47 Å². The molecular formula is C7H10BrN3O3. The molecule has 1 atom stereocenters. The van der Waals surface area contributed by atoms with Gasteiger partial charge in [-0.05, 0) is 27.8 Å². The summed E-state index contributed by atoms with van der Waals surface area (Å²) in [7, 11) is 1.58. The van der Waals surface area contributed by atoms with Crippen molar-refractivity contribution in [2.45, 2.75) is 19.6 Å². The Morgan fingerprint density at radius 2 is 2.50 bits per heavy atom. The van der Waals surface area contributed by atoms with Crippen molar-refractivity contribution in [1.29, 1.82) is 0 Å². The second-order valence-corrected chi connectivity index (χ2v) is 3.68. The molecule has 0 amide bonds. The molecule has 0 aliphatic heterocycles. The quantitative estimate of drug-likeness (QED) is 0.611. The lowest BCUT2D eigenvalue weighted by molar-refractivity contribution is -0.390. The fourth-order valence-corrected chi connectivity index (χ4v) is 1.40. The van der Waals surface area contributed by atoms with Gasteiger partial charge in [0.25, 0.3) is 0 Å². The Labute approximate surface area is 89.1 Å². The van der Waals surface area contributed by atoms with Crippen LogP contribution in [0.2, 0.25) is 0 Å². The van der Waals surface area contributed by atoms with Crippen molar-refractivity contribution in [3.05, 3.63) is 20.8 Å². The summed E-state index contributed by atoms with van der Waals surface area (Å²) in [5.41, 5.74) is 0. The van der Waals surface area contributed by atoms with Crippen molar-refractivity contribution in [1.82, 2.24) is 9.78 Å². The van der Waals surface area contributed by atoms with E-state index in [-0.39, 0.29) is 11.9 Å². The first-order valence-electron chi connectivity index (χ1n) is 3.94. The average molecular weight is 264 g/mol. The Hall–Kier alpha value is -0.950. The van der Waals surface area contributed by atoms with E-state index in [4.69, 9.17) is 4.74 Å². The van der Waals surface area contributed by atoms with E-state index in [1.807, 2.05) is 6.92 Å². The van der Waals surface area contributed by atoms with Gasteiger partial charge in [0, 0.05) is 7.11 Å². The van der Waals surface area contributed by atoms with Gasteiger partial charge < -0.3 is 14.9 Å². The minimum Gasteiger partial charge on any atom is -0.380 e. The number of hydrogen-bond acceptors (Lipinski definition) is 4. The molecule has 1 aromatic heterocycles. The van der Waals surface area contributed by atoms with E-state index in [1.165, 1.54) is 4.68 Å². The van der Waals surface area contributed by atoms with E-state index in [0.717, 1.165) is 0 Å². The number of halogens is 1. The summed E-state index contributed by atoms with van der Waals surface area (Å²) in [5.74, 6) is -0.173. The normalized spacial score (nSPS) is 12.8. The molecule has 78 valence electrons. The maximum Gasteiger partial charge on any atom is 0.404 e. The fraction of sp³-hybridized carbons (Fsp3) is 0.571. The van der Waals surface area contributed by atoms with Crippen LogP contribution in [0, 0.1) is 10.1 Å². The van der Waals surface area contributed by atoms with Crippen molar-refractivity contribution in [2.75, 3.05) is 7.11 Å². The zero-order valence-corrected chi connectivity index (χ0v) is 9.39. The first-order chi connectivity index (χ1) is 6.54. The van der Waals surface area contributed by atoms with Crippen molar-refractivity contribution in [3.63, 3.8) is 0 Å². The Morgan fingerprint density at radius 1 is 1.86 bits per heavy atom. The first-order valence-corrected chi connectivity index (χ1v) is 4.74. The van der Waals surface area contributed by atoms with Crippen LogP contribution < -0.4 is 0 Å². The average Bonchev–Trinajstić information content (AvgIpc) is 2.46. The predicted molar refractivity (Wildman–Crippen MR) is 53.1 cm³/mol. The number of ether oxygens (including phenoxy) is 1. The molecule has 0 bridgehead atoms. The molecule has 1 rings (SSSR count). The zero-order valence-electron chi connectivity index (χ0n) is 7.81. The molecule has 0 aromatic carbocycles. The maximum absolute atomic E-state index is 10.5. The molecular weight excluding hydrogens is 254 g/mol. The molecule has 1 heterocycles. The van der Waals surface area contributed by atoms with Gasteiger partial charge in [-0.1, -0.05) is 0 Å². The van der Waals surface area contributed by atoms with Crippen molar-refractivity contribution < 1.29 is 9.66 Å². The maximum atomic E-state index is 10.5. The van der Waals surface area contributed by atoms with Crippen LogP contribution in [0.3, 0.4) is 0 Å². The Bertz CT molecular complexity index is 339. The van der Waals surface area contributed by atoms with Crippen LogP contribution in [-0.4, -0.2) is 27.9 Å². The summed E-state index contributed by atoms with van der Waals surface area (Å²) in [6.07, 6.45) is 1.54. The van der Waals surface area contributed by atoms with Gasteiger partial charge in [-0.25, -0.2) is 0 Å². The predicted octanol–water partition coefficient (Wildman–Crippen LogP) is 1.59. The molecule has 14 heavy (non-hydrogen) atoms. The van der Waals surface area contributed by atoms with E-state index in [1.54, 1.807) is 13.3 Å². The topological polar surface area (TPSA) is 70.2 Å².